The van der Waals surface area contributed by atoms with Crippen molar-refractivity contribution < 1.29 is 96.8 Å². The number of alkyl halides is 6. The van der Waals surface area contributed by atoms with Crippen molar-refractivity contribution in [2.24, 2.45) is 0 Å². The van der Waals surface area contributed by atoms with Crippen molar-refractivity contribution in [3.05, 3.63) is 129 Å². The van der Waals surface area contributed by atoms with Crippen LogP contribution in [0.2, 0.25) is 0 Å². The van der Waals surface area contributed by atoms with Gasteiger partial charge in [-0.05, 0) is 90.8 Å². The van der Waals surface area contributed by atoms with Gasteiger partial charge in [-0.15, -0.1) is 26.3 Å². The highest BCUT2D eigenvalue weighted by Gasteiger charge is 2.33. The van der Waals surface area contributed by atoms with Gasteiger partial charge in [-0.25, -0.2) is 20.5 Å². The maximum Gasteiger partial charge on any atom is 0.573 e. The van der Waals surface area contributed by atoms with E-state index in [1.165, 1.54) is 36.7 Å². The van der Waals surface area contributed by atoms with E-state index in [0.29, 0.717) is 65.6 Å². The molecule has 8 heterocycles. The van der Waals surface area contributed by atoms with Gasteiger partial charge in [0.25, 0.3) is 0 Å². The number of piperazine rings is 2. The number of hydrogen-bond donors (Lipinski definition) is 4. The summed E-state index contributed by atoms with van der Waals surface area (Å²) in [6.45, 7) is 8.63. The molecular formula is C47H58F6N14O16P2. The second-order valence-corrected chi connectivity index (χ2v) is 19.3. The van der Waals surface area contributed by atoms with Gasteiger partial charge in [0, 0.05) is 124 Å². The van der Waals surface area contributed by atoms with Gasteiger partial charge in [-0.3, -0.25) is 9.13 Å². The molecule has 38 heteroatoms. The van der Waals surface area contributed by atoms with Crippen molar-refractivity contribution in [1.82, 2.24) is 39.7 Å². The molecule has 4 N–H and O–H groups in total. The van der Waals surface area contributed by atoms with Crippen LogP contribution in [0.5, 0.6) is 23.5 Å². The molecule has 464 valence electrons. The van der Waals surface area contributed by atoms with Gasteiger partial charge in [0.15, 0.2) is 0 Å². The minimum atomic E-state index is -4.70. The van der Waals surface area contributed by atoms with Crippen molar-refractivity contribution >= 4 is 51.2 Å². The zero-order valence-electron chi connectivity index (χ0n) is 43.4. The highest BCUT2D eigenvalue weighted by molar-refractivity contribution is 7.30. The average Bonchev–Trinajstić information content (AvgIpc) is 4.29. The monoisotopic (exact) mass is 1250 g/mol. The molecule has 4 aliphatic heterocycles. The Kier molecular flexibility index (Phi) is 23.7. The lowest BCUT2D eigenvalue weighted by Crippen LogP contribution is -2.46. The van der Waals surface area contributed by atoms with Gasteiger partial charge in [-0.1, -0.05) is 19.6 Å². The summed E-state index contributed by atoms with van der Waals surface area (Å²) in [4.78, 5) is 64.0. The van der Waals surface area contributed by atoms with E-state index in [1.54, 1.807) is 33.4 Å². The number of imidazole rings is 2. The lowest BCUT2D eigenvalue weighted by atomic mass is 10.2. The maximum atomic E-state index is 12.4. The number of nitro groups is 2. The number of nitrogens with one attached hydrogen (secondary N) is 2. The first-order chi connectivity index (χ1) is 40.0. The third-order valence-corrected chi connectivity index (χ3v) is 12.8. The van der Waals surface area contributed by atoms with Gasteiger partial charge in [0.1, 0.15) is 48.7 Å². The van der Waals surface area contributed by atoms with Crippen LogP contribution < -0.4 is 59.0 Å². The number of rotatable bonds is 16. The van der Waals surface area contributed by atoms with Crippen LogP contribution in [0.1, 0.15) is 21.4 Å². The molecule has 6 aromatic rings. The molecule has 85 heavy (non-hydrogen) atoms. The Bertz CT molecular complexity index is 2930. The van der Waals surface area contributed by atoms with E-state index >= 15 is 0 Å². The normalized spacial score (nSPS) is 16.8. The first kappa shape index (κ1) is 66.0. The fraction of sp³-hybridized carbons (Fsp3) is 0.404. The van der Waals surface area contributed by atoms with E-state index in [9.17, 15) is 46.6 Å². The third kappa shape index (κ3) is 20.5. The van der Waals surface area contributed by atoms with Gasteiger partial charge < -0.3 is 79.2 Å². The van der Waals surface area contributed by atoms with Gasteiger partial charge in [0.2, 0.25) is 0 Å². The predicted octanol–water partition coefficient (Wildman–Crippen LogP) is 6.04. The molecular weight excluding hydrogens is 1190 g/mol. The zero-order valence-corrected chi connectivity index (χ0v) is 45.2. The number of anilines is 4. The molecule has 30 nitrogen and oxygen atoms in total. The van der Waals surface area contributed by atoms with Crippen molar-refractivity contribution in [2.45, 2.75) is 58.4 Å². The fourth-order valence-corrected chi connectivity index (χ4v) is 8.66. The van der Waals surface area contributed by atoms with Crippen LogP contribution >= 0.6 is 16.5 Å². The number of fused-ring (bicyclic) bond motifs is 2. The lowest BCUT2D eigenvalue weighted by Gasteiger charge is -2.36. The average molecular weight is 1250 g/mol. The van der Waals surface area contributed by atoms with E-state index in [0.717, 1.165) is 60.3 Å². The Morgan fingerprint density at radius 3 is 1.20 bits per heavy atom. The Labute approximate surface area is 482 Å². The molecule has 2 aromatic carbocycles. The highest BCUT2D eigenvalue weighted by atomic mass is 31.1. The van der Waals surface area contributed by atoms with Gasteiger partial charge >= 0.3 is 52.9 Å². The predicted molar refractivity (Wildman–Crippen MR) is 287 cm³/mol. The molecule has 4 atom stereocenters. The minimum Gasteiger partial charge on any atom is -0.565 e. The van der Waals surface area contributed by atoms with Crippen LogP contribution in [0.3, 0.4) is 0 Å². The summed E-state index contributed by atoms with van der Waals surface area (Å²) in [5.41, 5.74) is 3.66. The van der Waals surface area contributed by atoms with E-state index < -0.39 is 39.1 Å². The Morgan fingerprint density at radius 2 is 0.918 bits per heavy atom. The topological polar surface area (TPSA) is 361 Å². The molecule has 10 rings (SSSR count). The molecule has 2 saturated heterocycles. The summed E-state index contributed by atoms with van der Waals surface area (Å²) in [5, 5.41) is 42.6. The van der Waals surface area contributed by atoms with E-state index in [4.69, 9.17) is 38.9 Å². The van der Waals surface area contributed by atoms with Crippen molar-refractivity contribution in [3.8, 4) is 23.5 Å². The van der Waals surface area contributed by atoms with Gasteiger partial charge in [-0.2, -0.15) is 0 Å². The minimum absolute atomic E-state index is 0. The van der Waals surface area contributed by atoms with Crippen molar-refractivity contribution in [3.63, 3.8) is 0 Å². The smallest absolute Gasteiger partial charge is 0.565 e. The van der Waals surface area contributed by atoms with Crippen LogP contribution in [0.4, 0.5) is 61.0 Å². The summed E-state index contributed by atoms with van der Waals surface area (Å²) in [6, 6.07) is 20.2. The Morgan fingerprint density at radius 1 is 0.588 bits per heavy atom. The number of hydrogen-bond acceptors (Lipinski definition) is 26. The van der Waals surface area contributed by atoms with Crippen LogP contribution in [-0.2, 0) is 44.7 Å². The van der Waals surface area contributed by atoms with E-state index in [2.05, 4.69) is 69.0 Å². The van der Waals surface area contributed by atoms with Crippen LogP contribution in [-0.4, -0.2) is 140 Å². The zero-order chi connectivity index (χ0) is 60.6. The van der Waals surface area contributed by atoms with Crippen LogP contribution in [0, 0.1) is 20.2 Å². The number of aromatic nitrogens is 6. The second kappa shape index (κ2) is 30.6. The third-order valence-electron chi connectivity index (χ3n) is 12.5. The second-order valence-electron chi connectivity index (χ2n) is 18.1. The summed E-state index contributed by atoms with van der Waals surface area (Å²) >= 11 is 0. The first-order valence-electron chi connectivity index (χ1n) is 24.7. The Balaban J connectivity index is 0.000000313. The number of nitrogens with zero attached hydrogens (tertiary/aromatic N) is 12. The Hall–Kier alpha value is -8.18. The number of pyridine rings is 2. The first-order valence-corrected chi connectivity index (χ1v) is 26.9. The van der Waals surface area contributed by atoms with E-state index in [-0.39, 0.29) is 57.5 Å². The number of benzene rings is 2. The molecule has 4 aliphatic rings. The molecule has 2 unspecified atom stereocenters. The summed E-state index contributed by atoms with van der Waals surface area (Å²) in [7, 11) is -6.09. The SMILES string of the molecule is C.O=[N+]([O-])c1cn2c(n1)OC[C@@H](NCc1ccc(N3CCN(c4ccc(OC(F)(F)F)cc4)CC3)nc1)C2.O=[N+]([O-])c1cn2c(n1)OC[C@@H](NCc1ccc(N3CCN(c4ccc(OC(F)(F)F)cc4)CC3)nc1)C2.O=[P+]([O-])OO.O=[P+]([O-])OO.[HH].[HH]. The standard InChI is InChI=1S/2C23H24F3N7O4.CH4.2HO4P.2H2/c2*24-23(25,26)37-19-4-2-18(3-5-19)30-7-9-31(10-8-30)20-6-1-16(12-28-20)11-27-17-13-32-14-21(33(34)35)29-22(32)36-15-17;;2*1-4-5(2)3;;/h2*1-6,12,14,17,27H,7-11,13,15H2;1H4;2*1H;2*1H/t2*17-;;;;;/m00...../s1. The largest absolute Gasteiger partial charge is 0.573 e. The molecule has 4 aromatic heterocycles. The quantitative estimate of drug-likeness (QED) is 0.0282. The van der Waals surface area contributed by atoms with Gasteiger partial charge in [0.05, 0.1) is 12.1 Å². The molecule has 2 fully saturated rings. The molecule has 0 aliphatic carbocycles. The van der Waals surface area contributed by atoms with E-state index in [1.807, 2.05) is 36.7 Å². The highest BCUT2D eigenvalue weighted by Crippen LogP contribution is 2.29. The molecule has 0 radical (unpaired) electrons. The summed E-state index contributed by atoms with van der Waals surface area (Å²) in [6.07, 6.45) is -3.04. The molecule has 0 bridgehead atoms. The molecule has 0 spiro atoms. The lowest BCUT2D eigenvalue weighted by molar-refractivity contribution is -0.389. The molecule has 0 amide bonds. The summed E-state index contributed by atoms with van der Waals surface area (Å²) in [5.74, 6) is 0.775. The van der Waals surface area contributed by atoms with Crippen LogP contribution in [0.15, 0.2) is 97.6 Å². The molecule has 0 saturated carbocycles. The maximum absolute atomic E-state index is 12.4. The number of halogens is 6. The fourth-order valence-electron chi connectivity index (χ4n) is 8.66. The summed E-state index contributed by atoms with van der Waals surface area (Å²) < 4.78 is 120. The van der Waals surface area contributed by atoms with Crippen molar-refractivity contribution in [1.29, 1.82) is 0 Å². The number of ether oxygens (including phenoxy) is 4. The van der Waals surface area contributed by atoms with Crippen molar-refractivity contribution in [2.75, 3.05) is 85.2 Å². The van der Waals surface area contributed by atoms with Crippen LogP contribution in [0.25, 0.3) is 0 Å².